The largest absolute Gasteiger partial charge is 0.463 e. The number of allylic oxidation sites excluding steroid dienone is 3. The summed E-state index contributed by atoms with van der Waals surface area (Å²) in [6.07, 6.45) is 16.4. The van der Waals surface area contributed by atoms with Crippen LogP contribution >= 0.6 is 0 Å². The number of hydrogen-bond acceptors (Lipinski definition) is 4. The van der Waals surface area contributed by atoms with Gasteiger partial charge < -0.3 is 13.6 Å². The van der Waals surface area contributed by atoms with Gasteiger partial charge in [0.25, 0.3) is 0 Å². The molecule has 0 aromatic rings. The van der Waals surface area contributed by atoms with Crippen LogP contribution in [-0.4, -0.2) is 40.9 Å². The van der Waals surface area contributed by atoms with Gasteiger partial charge in [0.1, 0.15) is 0 Å². The zero-order chi connectivity index (χ0) is 33.3. The van der Waals surface area contributed by atoms with Crippen LogP contribution in [-0.2, 0) is 18.4 Å². The first-order chi connectivity index (χ1) is 20.1. The Morgan fingerprint density at radius 1 is 0.909 bits per heavy atom. The van der Waals surface area contributed by atoms with Crippen molar-refractivity contribution in [2.75, 3.05) is 0 Å². The Labute approximate surface area is 274 Å². The van der Waals surface area contributed by atoms with Gasteiger partial charge in [0.15, 0.2) is 16.6 Å². The molecule has 254 valence electrons. The van der Waals surface area contributed by atoms with Gasteiger partial charge in [-0.2, -0.15) is 0 Å². The predicted molar refractivity (Wildman–Crippen MR) is 192 cm³/mol. The predicted octanol–water partition coefficient (Wildman–Crippen LogP) is 11.4. The zero-order valence-electron chi connectivity index (χ0n) is 31.3. The first kappa shape index (κ1) is 37.8. The molecule has 0 N–H and O–H groups in total. The maximum Gasteiger partial charge on any atom is 0.306 e. The van der Waals surface area contributed by atoms with Gasteiger partial charge in [-0.3, -0.25) is 4.79 Å². The maximum absolute atomic E-state index is 12.3. The lowest BCUT2D eigenvalue weighted by atomic mass is 9.60. The number of carbonyl (C=O) groups excluding carboxylic acids is 1. The average Bonchev–Trinajstić information content (AvgIpc) is 3.21. The van der Waals surface area contributed by atoms with Gasteiger partial charge >= 0.3 is 5.97 Å². The Balaban J connectivity index is 1.80. The van der Waals surface area contributed by atoms with Gasteiger partial charge in [-0.25, -0.2) is 0 Å². The normalized spacial score (nSPS) is 30.4. The summed E-state index contributed by atoms with van der Waals surface area (Å²) in [7, 11) is -3.77. The molecule has 6 heteroatoms. The fraction of sp³-hybridized carbons (Fsp3) is 0.868. The third-order valence-electron chi connectivity index (χ3n) is 12.5. The lowest BCUT2D eigenvalue weighted by molar-refractivity contribution is -0.147. The second-order valence-electron chi connectivity index (χ2n) is 18.4. The van der Waals surface area contributed by atoms with Crippen molar-refractivity contribution in [2.45, 2.75) is 188 Å². The first-order valence-electron chi connectivity index (χ1n) is 18.0. The molecule has 3 fully saturated rings. The standard InChI is InChI=1S/C38H70O4Si2/c1-27(2)40-35(39)22-17-28(3)33-20-21-34-30(16-15-23-38(33,34)10)19-18-29-24-31(41-43(11,12)36(4,5)6)26-32(25-29)42-44(13,14)37(7,8)9/h18-19,27-28,31-34H,15-17,20-26H2,1-14H3/b30-19+/t28-,31-,32-,33-,34+,38-/m1/s1. The Hall–Kier alpha value is -0.696. The topological polar surface area (TPSA) is 44.8 Å². The lowest BCUT2D eigenvalue weighted by Gasteiger charge is -2.45. The molecule has 44 heavy (non-hydrogen) atoms. The summed E-state index contributed by atoms with van der Waals surface area (Å²) < 4.78 is 19.6. The van der Waals surface area contributed by atoms with Crippen LogP contribution in [0.15, 0.2) is 23.3 Å². The van der Waals surface area contributed by atoms with E-state index in [1.54, 1.807) is 5.57 Å². The molecule has 0 unspecified atom stereocenters. The number of fused-ring (bicyclic) bond motifs is 1. The summed E-state index contributed by atoms with van der Waals surface area (Å²) in [5, 5.41) is 0.396. The van der Waals surface area contributed by atoms with Gasteiger partial charge in [0.2, 0.25) is 0 Å². The van der Waals surface area contributed by atoms with Gasteiger partial charge in [0.05, 0.1) is 18.3 Å². The minimum atomic E-state index is -1.89. The van der Waals surface area contributed by atoms with E-state index in [-0.39, 0.29) is 34.4 Å². The molecule has 0 aromatic carbocycles. The fourth-order valence-corrected chi connectivity index (χ4v) is 10.7. The van der Waals surface area contributed by atoms with Crippen LogP contribution in [0, 0.1) is 23.2 Å². The van der Waals surface area contributed by atoms with Crippen LogP contribution in [0.3, 0.4) is 0 Å². The van der Waals surface area contributed by atoms with Crippen molar-refractivity contribution in [1.29, 1.82) is 0 Å². The van der Waals surface area contributed by atoms with E-state index in [0.717, 1.165) is 25.7 Å². The Morgan fingerprint density at radius 2 is 1.45 bits per heavy atom. The number of rotatable bonds is 10. The van der Waals surface area contributed by atoms with E-state index in [0.29, 0.717) is 29.6 Å². The van der Waals surface area contributed by atoms with Crippen LogP contribution in [0.25, 0.3) is 0 Å². The summed E-state index contributed by atoms with van der Waals surface area (Å²) in [4.78, 5) is 12.3. The maximum atomic E-state index is 12.3. The van der Waals surface area contributed by atoms with Crippen molar-refractivity contribution in [1.82, 2.24) is 0 Å². The Bertz CT molecular complexity index is 1010. The smallest absolute Gasteiger partial charge is 0.306 e. The van der Waals surface area contributed by atoms with Crippen LogP contribution in [0.5, 0.6) is 0 Å². The van der Waals surface area contributed by atoms with E-state index >= 15 is 0 Å². The highest BCUT2D eigenvalue weighted by molar-refractivity contribution is 6.74. The monoisotopic (exact) mass is 646 g/mol. The van der Waals surface area contributed by atoms with Crippen molar-refractivity contribution >= 4 is 22.6 Å². The summed E-state index contributed by atoms with van der Waals surface area (Å²) in [6, 6.07) is 0. The third kappa shape index (κ3) is 9.22. The first-order valence-corrected chi connectivity index (χ1v) is 23.8. The molecular weight excluding hydrogens is 577 g/mol. The second-order valence-corrected chi connectivity index (χ2v) is 27.9. The molecular formula is C38H70O4Si2. The number of ether oxygens (including phenoxy) is 1. The molecule has 0 spiro atoms. The molecule has 0 amide bonds. The number of carbonyl (C=O) groups is 1. The molecule has 3 aliphatic rings. The van der Waals surface area contributed by atoms with Crippen LogP contribution < -0.4 is 0 Å². The highest BCUT2D eigenvalue weighted by Crippen LogP contribution is 2.60. The summed E-state index contributed by atoms with van der Waals surface area (Å²) in [5.41, 5.74) is 3.50. The molecule has 0 aliphatic heterocycles. The van der Waals surface area contributed by atoms with E-state index in [1.165, 1.54) is 37.7 Å². The molecule has 0 radical (unpaired) electrons. The van der Waals surface area contributed by atoms with E-state index in [1.807, 2.05) is 13.8 Å². The lowest BCUT2D eigenvalue weighted by Crippen LogP contribution is -2.48. The summed E-state index contributed by atoms with van der Waals surface area (Å²) in [5.74, 6) is 1.84. The summed E-state index contributed by atoms with van der Waals surface area (Å²) >= 11 is 0. The molecule has 0 saturated heterocycles. The molecule has 3 aliphatic carbocycles. The number of esters is 1. The molecule has 3 rings (SSSR count). The van der Waals surface area contributed by atoms with Crippen LogP contribution in [0.2, 0.25) is 36.3 Å². The molecule has 0 bridgehead atoms. The molecule has 6 atom stereocenters. The van der Waals surface area contributed by atoms with Gasteiger partial charge in [-0.05, 0) is 131 Å². The van der Waals surface area contributed by atoms with Gasteiger partial charge in [-0.15, -0.1) is 0 Å². The Morgan fingerprint density at radius 3 is 1.95 bits per heavy atom. The van der Waals surface area contributed by atoms with Crippen LogP contribution in [0.1, 0.15) is 133 Å². The quantitative estimate of drug-likeness (QED) is 0.175. The van der Waals surface area contributed by atoms with Crippen molar-refractivity contribution in [3.8, 4) is 0 Å². The third-order valence-corrected chi connectivity index (χ3v) is 21.5. The average molecular weight is 647 g/mol. The zero-order valence-corrected chi connectivity index (χ0v) is 33.3. The molecule has 4 nitrogen and oxygen atoms in total. The van der Waals surface area contributed by atoms with E-state index in [2.05, 4.69) is 93.7 Å². The van der Waals surface area contributed by atoms with Crippen molar-refractivity contribution in [3.63, 3.8) is 0 Å². The second kappa shape index (κ2) is 14.2. The minimum absolute atomic E-state index is 0.0293. The molecule has 0 heterocycles. The highest BCUT2D eigenvalue weighted by atomic mass is 28.4. The SMILES string of the molecule is CC(C)OC(=O)CC[C@@H](C)[C@H]1CC[C@H]2/C(=C/C=C3C[C@@H](O[Si](C)(C)C(C)(C)C)C[C@H](O[Si](C)(C)C(C)(C)C)C3)CCC[C@]12C. The van der Waals surface area contributed by atoms with E-state index in [9.17, 15) is 4.79 Å². The molecule has 3 saturated carbocycles. The van der Waals surface area contributed by atoms with Crippen LogP contribution in [0.4, 0.5) is 0 Å². The van der Waals surface area contributed by atoms with E-state index < -0.39 is 16.6 Å². The molecule has 0 aromatic heterocycles. The van der Waals surface area contributed by atoms with Gasteiger partial charge in [-0.1, -0.05) is 78.7 Å². The fourth-order valence-electron chi connectivity index (χ4n) is 7.94. The minimum Gasteiger partial charge on any atom is -0.463 e. The summed E-state index contributed by atoms with van der Waals surface area (Å²) in [6.45, 7) is 32.5. The van der Waals surface area contributed by atoms with Crippen molar-refractivity contribution in [2.24, 2.45) is 23.2 Å². The van der Waals surface area contributed by atoms with Crippen molar-refractivity contribution in [3.05, 3.63) is 23.3 Å². The Kier molecular flexibility index (Phi) is 12.2. The van der Waals surface area contributed by atoms with Crippen molar-refractivity contribution < 1.29 is 18.4 Å². The van der Waals surface area contributed by atoms with Gasteiger partial charge in [0, 0.05) is 6.42 Å². The number of hydrogen-bond donors (Lipinski definition) is 0. The highest BCUT2D eigenvalue weighted by Gasteiger charge is 2.50. The van der Waals surface area contributed by atoms with E-state index in [4.69, 9.17) is 13.6 Å².